The second-order valence-electron chi connectivity index (χ2n) is 2.74. The Bertz CT molecular complexity index is 81.7. The molecule has 0 spiro atoms. The van der Waals surface area contributed by atoms with E-state index < -0.39 is 5.60 Å². The zero-order valence-corrected chi connectivity index (χ0v) is 7.94. The minimum atomic E-state index is -0.514. The summed E-state index contributed by atoms with van der Waals surface area (Å²) in [5.74, 6) is 0. The first kappa shape index (κ1) is 13.3. The maximum absolute atomic E-state index is 11.3. The molecule has 10 heavy (non-hydrogen) atoms. The fourth-order valence-electron chi connectivity index (χ4n) is 1.37. The van der Waals surface area contributed by atoms with Crippen LogP contribution >= 0.6 is 0 Å². The molecule has 0 N–H and O–H groups in total. The zero-order chi connectivity index (χ0) is 6.04. The van der Waals surface area contributed by atoms with Crippen LogP contribution in [-0.2, 0) is 0 Å². The van der Waals surface area contributed by atoms with Crippen molar-refractivity contribution in [2.24, 2.45) is 0 Å². The molecule has 0 bridgehead atoms. The van der Waals surface area contributed by atoms with Crippen molar-refractivity contribution in [3.05, 3.63) is 0 Å². The molecule has 1 fully saturated rings. The topological polar surface area (TPSA) is 23.1 Å². The van der Waals surface area contributed by atoms with E-state index in [0.29, 0.717) is 0 Å². The van der Waals surface area contributed by atoms with E-state index in [1.165, 1.54) is 0 Å². The molecule has 0 aromatic carbocycles. The van der Waals surface area contributed by atoms with Gasteiger partial charge in [-0.25, -0.2) is 0 Å². The third-order valence-electron chi connectivity index (χ3n) is 2.16. The van der Waals surface area contributed by atoms with E-state index in [0.717, 1.165) is 32.1 Å². The number of halogens is 1. The van der Waals surface area contributed by atoms with Crippen molar-refractivity contribution in [2.75, 3.05) is 0 Å². The van der Waals surface area contributed by atoms with Crippen LogP contribution in [0, 0.1) is 0 Å². The van der Waals surface area contributed by atoms with Crippen molar-refractivity contribution >= 4 is 23.1 Å². The van der Waals surface area contributed by atoms with Crippen LogP contribution in [0.2, 0.25) is 0 Å². The van der Waals surface area contributed by atoms with Crippen molar-refractivity contribution in [1.29, 1.82) is 0 Å². The number of hydrogen-bond donors (Lipinski definition) is 0. The normalized spacial score (nSPS) is 21.0. The van der Waals surface area contributed by atoms with Gasteiger partial charge in [0.15, 0.2) is 0 Å². The first-order valence-corrected chi connectivity index (χ1v) is 3.47. The van der Waals surface area contributed by atoms with Crippen molar-refractivity contribution < 1.29 is 9.81 Å². The van der Waals surface area contributed by atoms with Gasteiger partial charge >= 0.3 is 23.1 Å². The van der Waals surface area contributed by atoms with E-state index >= 15 is 0 Å². The molecule has 3 heteroatoms. The van der Waals surface area contributed by atoms with Crippen LogP contribution < -0.4 is 9.81 Å². The minimum Gasteiger partial charge on any atom is -1.00 e. The van der Waals surface area contributed by atoms with E-state index in [9.17, 15) is 5.11 Å². The summed E-state index contributed by atoms with van der Waals surface area (Å²) in [6.45, 7) is 2.00. The summed E-state index contributed by atoms with van der Waals surface area (Å²) in [6.07, 6.45) is 4.99. The smallest absolute Gasteiger partial charge is 1.00 e. The van der Waals surface area contributed by atoms with Gasteiger partial charge in [0.05, 0.1) is 0 Å². The van der Waals surface area contributed by atoms with E-state index in [2.05, 4.69) is 0 Å². The van der Waals surface area contributed by atoms with E-state index in [-0.39, 0.29) is 27.8 Å². The summed E-state index contributed by atoms with van der Waals surface area (Å²) in [7, 11) is 0. The molecule has 0 heterocycles. The Labute approximate surface area is 77.7 Å². The second-order valence-corrected chi connectivity index (χ2v) is 2.74. The monoisotopic (exact) mass is 156 g/mol. The quantitative estimate of drug-likeness (QED) is 0.392. The van der Waals surface area contributed by atoms with Crippen molar-refractivity contribution in [3.63, 3.8) is 0 Å². The molecule has 1 saturated carbocycles. The Morgan fingerprint density at radius 1 is 1.30 bits per heavy atom. The van der Waals surface area contributed by atoms with Crippen LogP contribution in [0.3, 0.4) is 0 Å². The van der Waals surface area contributed by atoms with Gasteiger partial charge in [-0.05, 0) is 0 Å². The maximum atomic E-state index is 11.3. The molecule has 0 aromatic rings. The first-order chi connectivity index (χ1) is 3.77. The summed E-state index contributed by atoms with van der Waals surface area (Å²) >= 11 is 0. The Hall–Kier alpha value is 0.656. The average Bonchev–Trinajstić information content (AvgIpc) is 2.17. The Morgan fingerprint density at radius 3 is 1.90 bits per heavy atom. The van der Waals surface area contributed by atoms with Gasteiger partial charge in [0.1, 0.15) is 0 Å². The van der Waals surface area contributed by atoms with Crippen LogP contribution in [0.1, 0.15) is 39.0 Å². The largest absolute Gasteiger partial charge is 2.00 e. The standard InChI is InChI=1S/C7H13O.FH.Mg/c1-2-7(8)5-3-4-6-7;;/h2-6H2,1H3;1H;/q-1;;+2/p-1. The molecule has 0 aromatic heterocycles. The van der Waals surface area contributed by atoms with Gasteiger partial charge in [-0.15, -0.1) is 5.60 Å². The Kier molecular flexibility index (Phi) is 7.06. The number of rotatable bonds is 1. The van der Waals surface area contributed by atoms with Crippen molar-refractivity contribution in [2.45, 2.75) is 44.6 Å². The van der Waals surface area contributed by atoms with Crippen LogP contribution in [0.4, 0.5) is 0 Å². The van der Waals surface area contributed by atoms with Gasteiger partial charge in [0.2, 0.25) is 0 Å². The van der Waals surface area contributed by atoms with Crippen LogP contribution in [0.15, 0.2) is 0 Å². The fraction of sp³-hybridized carbons (Fsp3) is 1.00. The van der Waals surface area contributed by atoms with Gasteiger partial charge in [-0.3, -0.25) is 0 Å². The molecule has 0 radical (unpaired) electrons. The van der Waals surface area contributed by atoms with Crippen molar-refractivity contribution in [1.82, 2.24) is 0 Å². The molecule has 0 aliphatic heterocycles. The van der Waals surface area contributed by atoms with Gasteiger partial charge in [0, 0.05) is 0 Å². The van der Waals surface area contributed by atoms with E-state index in [4.69, 9.17) is 0 Å². The molecule has 0 unspecified atom stereocenters. The molecule has 1 rings (SSSR count). The van der Waals surface area contributed by atoms with Crippen molar-refractivity contribution in [3.8, 4) is 0 Å². The predicted molar refractivity (Wildman–Crippen MR) is 37.2 cm³/mol. The van der Waals surface area contributed by atoms with Gasteiger partial charge in [-0.1, -0.05) is 39.0 Å². The Morgan fingerprint density at radius 2 is 1.70 bits per heavy atom. The minimum absolute atomic E-state index is 0. The molecule has 1 nitrogen and oxygen atoms in total. The fourth-order valence-corrected chi connectivity index (χ4v) is 1.37. The third kappa shape index (κ3) is 3.17. The van der Waals surface area contributed by atoms with E-state index in [1.807, 2.05) is 6.92 Å². The molecule has 0 atom stereocenters. The molecular weight excluding hydrogens is 143 g/mol. The van der Waals surface area contributed by atoms with Crippen LogP contribution in [0.5, 0.6) is 0 Å². The van der Waals surface area contributed by atoms with Gasteiger partial charge in [-0.2, -0.15) is 0 Å². The van der Waals surface area contributed by atoms with Crippen LogP contribution in [-0.4, -0.2) is 28.7 Å². The van der Waals surface area contributed by atoms with Gasteiger partial charge < -0.3 is 9.81 Å². The molecule has 1 aliphatic carbocycles. The SMILES string of the molecule is CCC1([O-])CCCC1.[F-].[Mg+2]. The summed E-state index contributed by atoms with van der Waals surface area (Å²) < 4.78 is 0. The maximum Gasteiger partial charge on any atom is 2.00 e. The zero-order valence-electron chi connectivity index (χ0n) is 6.53. The third-order valence-corrected chi connectivity index (χ3v) is 2.16. The summed E-state index contributed by atoms with van der Waals surface area (Å²) in [4.78, 5) is 0. The summed E-state index contributed by atoms with van der Waals surface area (Å²) in [5.41, 5.74) is -0.514. The molecule has 0 saturated heterocycles. The first-order valence-electron chi connectivity index (χ1n) is 3.47. The predicted octanol–water partition coefficient (Wildman–Crippen LogP) is -2.31. The molecule has 0 amide bonds. The van der Waals surface area contributed by atoms with E-state index in [1.54, 1.807) is 0 Å². The molecule has 56 valence electrons. The Balaban J connectivity index is 0. The van der Waals surface area contributed by atoms with Crippen LogP contribution in [0.25, 0.3) is 0 Å². The average molecular weight is 156 g/mol. The summed E-state index contributed by atoms with van der Waals surface area (Å²) in [6, 6.07) is 0. The summed E-state index contributed by atoms with van der Waals surface area (Å²) in [5, 5.41) is 11.3. The molecule has 1 aliphatic rings. The van der Waals surface area contributed by atoms with Gasteiger partial charge in [0.25, 0.3) is 0 Å². The molecular formula is C7H13FMgO. The second kappa shape index (κ2) is 5.33. The number of hydrogen-bond acceptors (Lipinski definition) is 1.